The molecule has 1 heterocycles. The normalized spacial score (nSPS) is 10.8. The first-order valence-corrected chi connectivity index (χ1v) is 6.68. The molecular formula is C16H15ClN2. The summed E-state index contributed by atoms with van der Waals surface area (Å²) in [6.07, 6.45) is 0. The molecular weight excluding hydrogens is 256 g/mol. The lowest BCUT2D eigenvalue weighted by molar-refractivity contribution is 1.08. The van der Waals surface area contributed by atoms with Gasteiger partial charge in [-0.15, -0.1) is 0 Å². The predicted molar refractivity (Wildman–Crippen MR) is 81.8 cm³/mol. The molecule has 19 heavy (non-hydrogen) atoms. The molecule has 0 saturated heterocycles. The van der Waals surface area contributed by atoms with Gasteiger partial charge in [0.1, 0.15) is 0 Å². The summed E-state index contributed by atoms with van der Waals surface area (Å²) in [7, 11) is 0. The Hall–Kier alpha value is -1.93. The predicted octanol–water partition coefficient (Wildman–Crippen LogP) is 4.74. The second-order valence-electron chi connectivity index (χ2n) is 4.63. The van der Waals surface area contributed by atoms with E-state index in [2.05, 4.69) is 29.4 Å². The highest BCUT2D eigenvalue weighted by molar-refractivity contribution is 6.36. The molecule has 96 valence electrons. The smallest absolute Gasteiger partial charge is 0.0710 e. The van der Waals surface area contributed by atoms with Crippen LogP contribution in [0.4, 0.5) is 5.69 Å². The highest BCUT2D eigenvalue weighted by atomic mass is 35.5. The Morgan fingerprint density at radius 3 is 2.58 bits per heavy atom. The molecule has 0 saturated carbocycles. The number of fused-ring (bicyclic) bond motifs is 1. The molecule has 0 aliphatic rings. The van der Waals surface area contributed by atoms with Gasteiger partial charge in [0.25, 0.3) is 0 Å². The first-order chi connectivity index (χ1) is 9.25. The van der Waals surface area contributed by atoms with Gasteiger partial charge in [0, 0.05) is 16.6 Å². The van der Waals surface area contributed by atoms with Crippen molar-refractivity contribution >= 4 is 28.2 Å². The van der Waals surface area contributed by atoms with E-state index in [1.165, 1.54) is 5.56 Å². The monoisotopic (exact) mass is 270 g/mol. The van der Waals surface area contributed by atoms with Crippen LogP contribution < -0.4 is 5.32 Å². The summed E-state index contributed by atoms with van der Waals surface area (Å²) < 4.78 is 0. The van der Waals surface area contributed by atoms with Crippen molar-refractivity contribution in [1.82, 2.24) is 4.98 Å². The molecule has 0 fully saturated rings. The lowest BCUT2D eigenvalue weighted by Gasteiger charge is -2.08. The quantitative estimate of drug-likeness (QED) is 0.707. The SMILES string of the molecule is Cc1ccccc1NCc1[nH]c2ccccc2c1Cl. The molecule has 0 unspecified atom stereocenters. The Balaban J connectivity index is 1.86. The van der Waals surface area contributed by atoms with E-state index in [0.717, 1.165) is 27.3 Å². The molecule has 2 nitrogen and oxygen atoms in total. The molecule has 0 bridgehead atoms. The number of nitrogens with one attached hydrogen (secondary N) is 2. The molecule has 3 heteroatoms. The Morgan fingerprint density at radius 1 is 1.05 bits per heavy atom. The first-order valence-electron chi connectivity index (χ1n) is 6.30. The van der Waals surface area contributed by atoms with Crippen molar-refractivity contribution in [2.45, 2.75) is 13.5 Å². The fraction of sp³-hybridized carbons (Fsp3) is 0.125. The van der Waals surface area contributed by atoms with Crippen LogP contribution in [0.15, 0.2) is 48.5 Å². The standard InChI is InChI=1S/C16H15ClN2/c1-11-6-2-4-8-13(11)18-10-15-16(17)12-7-3-5-9-14(12)19-15/h2-9,18-19H,10H2,1H3. The zero-order chi connectivity index (χ0) is 13.2. The fourth-order valence-corrected chi connectivity index (χ4v) is 2.52. The van der Waals surface area contributed by atoms with E-state index in [4.69, 9.17) is 11.6 Å². The molecule has 0 spiro atoms. The van der Waals surface area contributed by atoms with Gasteiger partial charge >= 0.3 is 0 Å². The minimum Gasteiger partial charge on any atom is -0.379 e. The number of H-pyrrole nitrogens is 1. The highest BCUT2D eigenvalue weighted by Gasteiger charge is 2.08. The van der Waals surface area contributed by atoms with E-state index in [0.29, 0.717) is 6.54 Å². The summed E-state index contributed by atoms with van der Waals surface area (Å²) in [4.78, 5) is 3.36. The number of rotatable bonds is 3. The van der Waals surface area contributed by atoms with Gasteiger partial charge in [-0.2, -0.15) is 0 Å². The third-order valence-electron chi connectivity index (χ3n) is 3.31. The lowest BCUT2D eigenvalue weighted by Crippen LogP contribution is -2.01. The first kappa shape index (κ1) is 12.1. The van der Waals surface area contributed by atoms with Crippen molar-refractivity contribution in [3.05, 3.63) is 64.8 Å². The van der Waals surface area contributed by atoms with E-state index in [1.54, 1.807) is 0 Å². The molecule has 3 aromatic rings. The van der Waals surface area contributed by atoms with Crippen molar-refractivity contribution in [3.63, 3.8) is 0 Å². The van der Waals surface area contributed by atoms with E-state index in [1.807, 2.05) is 36.4 Å². The zero-order valence-corrected chi connectivity index (χ0v) is 11.5. The third-order valence-corrected chi connectivity index (χ3v) is 3.75. The average Bonchev–Trinajstić information content (AvgIpc) is 2.75. The zero-order valence-electron chi connectivity index (χ0n) is 10.7. The molecule has 2 aromatic carbocycles. The van der Waals surface area contributed by atoms with Gasteiger partial charge in [0.05, 0.1) is 17.3 Å². The fourth-order valence-electron chi connectivity index (χ4n) is 2.24. The Bertz CT molecular complexity index is 716. The van der Waals surface area contributed by atoms with Crippen molar-refractivity contribution in [2.24, 2.45) is 0 Å². The van der Waals surface area contributed by atoms with Crippen molar-refractivity contribution in [2.75, 3.05) is 5.32 Å². The molecule has 0 amide bonds. The maximum atomic E-state index is 6.39. The van der Waals surface area contributed by atoms with Crippen LogP contribution in [0.5, 0.6) is 0 Å². The lowest BCUT2D eigenvalue weighted by atomic mass is 10.2. The van der Waals surface area contributed by atoms with Crippen LogP contribution >= 0.6 is 11.6 Å². The van der Waals surface area contributed by atoms with Gasteiger partial charge in [0.2, 0.25) is 0 Å². The topological polar surface area (TPSA) is 27.8 Å². The summed E-state index contributed by atoms with van der Waals surface area (Å²) in [6.45, 7) is 2.79. The van der Waals surface area contributed by atoms with Crippen molar-refractivity contribution in [3.8, 4) is 0 Å². The summed E-state index contributed by atoms with van der Waals surface area (Å²) in [6, 6.07) is 16.3. The van der Waals surface area contributed by atoms with Crippen LogP contribution in [0.1, 0.15) is 11.3 Å². The number of para-hydroxylation sites is 2. The summed E-state index contributed by atoms with van der Waals surface area (Å²) in [5.74, 6) is 0. The molecule has 0 aliphatic heterocycles. The number of halogens is 1. The number of hydrogen-bond donors (Lipinski definition) is 2. The number of anilines is 1. The largest absolute Gasteiger partial charge is 0.379 e. The minimum absolute atomic E-state index is 0.693. The third kappa shape index (κ3) is 2.32. The molecule has 3 rings (SSSR count). The summed E-state index contributed by atoms with van der Waals surface area (Å²) in [5, 5.41) is 5.29. The van der Waals surface area contributed by atoms with Crippen LogP contribution in [0.2, 0.25) is 5.02 Å². The maximum Gasteiger partial charge on any atom is 0.0710 e. The Kier molecular flexibility index (Phi) is 3.18. The summed E-state index contributed by atoms with van der Waals surface area (Å²) >= 11 is 6.39. The number of hydrogen-bond acceptors (Lipinski definition) is 1. The van der Waals surface area contributed by atoms with Crippen LogP contribution in [0, 0.1) is 6.92 Å². The average molecular weight is 271 g/mol. The van der Waals surface area contributed by atoms with E-state index >= 15 is 0 Å². The van der Waals surface area contributed by atoms with Gasteiger partial charge in [-0.1, -0.05) is 48.0 Å². The number of aromatic amines is 1. The number of benzene rings is 2. The van der Waals surface area contributed by atoms with Crippen LogP contribution in [0.25, 0.3) is 10.9 Å². The van der Waals surface area contributed by atoms with Gasteiger partial charge < -0.3 is 10.3 Å². The highest BCUT2D eigenvalue weighted by Crippen LogP contribution is 2.27. The van der Waals surface area contributed by atoms with Crippen molar-refractivity contribution in [1.29, 1.82) is 0 Å². The van der Waals surface area contributed by atoms with Gasteiger partial charge in [-0.05, 0) is 24.6 Å². The minimum atomic E-state index is 0.693. The molecule has 0 radical (unpaired) electrons. The molecule has 0 aliphatic carbocycles. The van der Waals surface area contributed by atoms with Crippen LogP contribution in [-0.2, 0) is 6.54 Å². The van der Waals surface area contributed by atoms with Crippen LogP contribution in [-0.4, -0.2) is 4.98 Å². The van der Waals surface area contributed by atoms with Crippen molar-refractivity contribution < 1.29 is 0 Å². The second-order valence-corrected chi connectivity index (χ2v) is 5.01. The van der Waals surface area contributed by atoms with Crippen LogP contribution in [0.3, 0.4) is 0 Å². The van der Waals surface area contributed by atoms with Gasteiger partial charge in [-0.3, -0.25) is 0 Å². The number of aryl methyl sites for hydroxylation is 1. The molecule has 2 N–H and O–H groups in total. The Morgan fingerprint density at radius 2 is 1.79 bits per heavy atom. The van der Waals surface area contributed by atoms with E-state index < -0.39 is 0 Å². The second kappa shape index (κ2) is 4.98. The van der Waals surface area contributed by atoms with Gasteiger partial charge in [-0.25, -0.2) is 0 Å². The van der Waals surface area contributed by atoms with E-state index in [9.17, 15) is 0 Å². The molecule has 1 aromatic heterocycles. The summed E-state index contributed by atoms with van der Waals surface area (Å²) in [5.41, 5.74) is 4.46. The Labute approximate surface area is 117 Å². The number of aromatic nitrogens is 1. The van der Waals surface area contributed by atoms with E-state index in [-0.39, 0.29) is 0 Å². The molecule has 0 atom stereocenters. The maximum absolute atomic E-state index is 6.39. The van der Waals surface area contributed by atoms with Gasteiger partial charge in [0.15, 0.2) is 0 Å².